The first kappa shape index (κ1) is 15.1. The van der Waals surface area contributed by atoms with E-state index in [4.69, 9.17) is 25.8 Å². The third kappa shape index (κ3) is 4.39. The number of ether oxygens (including phenoxy) is 3. The first-order chi connectivity index (χ1) is 8.52. The van der Waals surface area contributed by atoms with Crippen molar-refractivity contribution in [1.82, 2.24) is 0 Å². The van der Waals surface area contributed by atoms with Gasteiger partial charge in [0.2, 0.25) is 0 Å². The van der Waals surface area contributed by atoms with Gasteiger partial charge >= 0.3 is 0 Å². The second-order valence-corrected chi connectivity index (χ2v) is 4.95. The van der Waals surface area contributed by atoms with Crippen LogP contribution in [0.5, 0.6) is 11.5 Å². The van der Waals surface area contributed by atoms with Crippen LogP contribution in [0.3, 0.4) is 0 Å². The second kappa shape index (κ2) is 6.86. The first-order valence-corrected chi connectivity index (χ1v) is 6.46. The highest BCUT2D eigenvalue weighted by Crippen LogP contribution is 2.29. The van der Waals surface area contributed by atoms with Gasteiger partial charge in [-0.15, -0.1) is 11.6 Å². The molecule has 1 aromatic carbocycles. The molecular formula is C14H21ClO3. The molecule has 0 atom stereocenters. The molecule has 0 aliphatic rings. The van der Waals surface area contributed by atoms with E-state index >= 15 is 0 Å². The minimum atomic E-state index is -0.183. The fraction of sp³-hybridized carbons (Fsp3) is 0.571. The zero-order valence-corrected chi connectivity index (χ0v) is 12.2. The molecule has 1 aromatic rings. The Kier molecular flexibility index (Phi) is 5.76. The summed E-state index contributed by atoms with van der Waals surface area (Å²) in [4.78, 5) is 0. The summed E-state index contributed by atoms with van der Waals surface area (Å²) < 4.78 is 16.3. The number of hydrogen-bond donors (Lipinski definition) is 0. The predicted molar refractivity (Wildman–Crippen MR) is 73.8 cm³/mol. The largest absolute Gasteiger partial charge is 0.493 e. The normalized spacial score (nSPS) is 11.4. The van der Waals surface area contributed by atoms with E-state index in [2.05, 4.69) is 0 Å². The smallest absolute Gasteiger partial charge is 0.161 e. The number of rotatable bonds is 7. The Labute approximate surface area is 114 Å². The fourth-order valence-corrected chi connectivity index (χ4v) is 1.59. The average Bonchev–Trinajstić information content (AvgIpc) is 2.38. The van der Waals surface area contributed by atoms with Gasteiger partial charge < -0.3 is 14.2 Å². The maximum atomic E-state index is 5.81. The lowest BCUT2D eigenvalue weighted by Crippen LogP contribution is -2.25. The molecule has 0 aromatic heterocycles. The van der Waals surface area contributed by atoms with Crippen LogP contribution in [0.1, 0.15) is 25.8 Å². The van der Waals surface area contributed by atoms with E-state index in [1.807, 2.05) is 32.0 Å². The molecule has 0 bridgehead atoms. The highest BCUT2D eigenvalue weighted by atomic mass is 35.5. The number of halogens is 1. The van der Waals surface area contributed by atoms with E-state index in [0.29, 0.717) is 12.5 Å². The molecule has 0 saturated heterocycles. The quantitative estimate of drug-likeness (QED) is 0.710. The van der Waals surface area contributed by atoms with E-state index in [0.717, 1.165) is 23.5 Å². The van der Waals surface area contributed by atoms with Crippen LogP contribution < -0.4 is 9.47 Å². The van der Waals surface area contributed by atoms with Crippen LogP contribution >= 0.6 is 11.6 Å². The van der Waals surface area contributed by atoms with Gasteiger partial charge in [-0.05, 0) is 31.5 Å². The van der Waals surface area contributed by atoms with E-state index in [1.54, 1.807) is 14.2 Å². The molecule has 4 heteroatoms. The molecule has 1 rings (SSSR count). The van der Waals surface area contributed by atoms with Crippen molar-refractivity contribution in [2.24, 2.45) is 0 Å². The van der Waals surface area contributed by atoms with Gasteiger partial charge in [0.1, 0.15) is 0 Å². The van der Waals surface area contributed by atoms with Gasteiger partial charge in [-0.25, -0.2) is 0 Å². The van der Waals surface area contributed by atoms with Gasteiger partial charge in [0.15, 0.2) is 11.5 Å². The van der Waals surface area contributed by atoms with E-state index in [9.17, 15) is 0 Å². The third-order valence-corrected chi connectivity index (χ3v) is 3.21. The van der Waals surface area contributed by atoms with E-state index in [-0.39, 0.29) is 5.60 Å². The maximum absolute atomic E-state index is 5.81. The molecule has 18 heavy (non-hydrogen) atoms. The summed E-state index contributed by atoms with van der Waals surface area (Å²) in [7, 11) is 3.33. The van der Waals surface area contributed by atoms with Crippen molar-refractivity contribution in [3.05, 3.63) is 23.8 Å². The average molecular weight is 273 g/mol. The second-order valence-electron chi connectivity index (χ2n) is 4.68. The molecule has 0 aliphatic carbocycles. The van der Waals surface area contributed by atoms with E-state index < -0.39 is 0 Å². The molecule has 102 valence electrons. The van der Waals surface area contributed by atoms with Gasteiger partial charge in [0.25, 0.3) is 0 Å². The Morgan fingerprint density at radius 2 is 1.89 bits per heavy atom. The Hall–Kier alpha value is -0.930. The highest BCUT2D eigenvalue weighted by Gasteiger charge is 2.16. The van der Waals surface area contributed by atoms with Crippen LogP contribution in [0.15, 0.2) is 18.2 Å². The van der Waals surface area contributed by atoms with E-state index in [1.165, 1.54) is 0 Å². The van der Waals surface area contributed by atoms with Crippen molar-refractivity contribution in [3.63, 3.8) is 0 Å². The summed E-state index contributed by atoms with van der Waals surface area (Å²) >= 11 is 5.81. The Morgan fingerprint density at radius 3 is 2.44 bits per heavy atom. The molecule has 3 nitrogen and oxygen atoms in total. The molecule has 0 radical (unpaired) electrons. The number of hydrogen-bond acceptors (Lipinski definition) is 3. The minimum absolute atomic E-state index is 0.183. The summed E-state index contributed by atoms with van der Waals surface area (Å²) in [6.07, 6.45) is 0.803. The van der Waals surface area contributed by atoms with Gasteiger partial charge in [0, 0.05) is 19.4 Å². The molecule has 0 aliphatic heterocycles. The molecule has 0 N–H and O–H groups in total. The summed E-state index contributed by atoms with van der Waals surface area (Å²) in [5, 5.41) is 0. The molecule has 0 fully saturated rings. The highest BCUT2D eigenvalue weighted by molar-refractivity contribution is 6.17. The van der Waals surface area contributed by atoms with Crippen LogP contribution in [-0.4, -0.2) is 26.4 Å². The van der Waals surface area contributed by atoms with Crippen LogP contribution in [0.4, 0.5) is 0 Å². The molecule has 0 spiro atoms. The molecule has 0 heterocycles. The van der Waals surface area contributed by atoms with Crippen LogP contribution in [0, 0.1) is 0 Å². The predicted octanol–water partition coefficient (Wildman–Crippen LogP) is 3.63. The number of methoxy groups -OCH3 is 2. The van der Waals surface area contributed by atoms with Crippen molar-refractivity contribution in [2.45, 2.75) is 31.7 Å². The zero-order valence-electron chi connectivity index (χ0n) is 11.5. The van der Waals surface area contributed by atoms with Gasteiger partial charge in [-0.2, -0.15) is 0 Å². The van der Waals surface area contributed by atoms with Gasteiger partial charge in [-0.3, -0.25) is 0 Å². The fourth-order valence-electron chi connectivity index (χ4n) is 1.43. The summed E-state index contributed by atoms with van der Waals surface area (Å²) in [6, 6.07) is 5.71. The Bertz CT molecular complexity index is 377. The molecule has 0 saturated carbocycles. The van der Waals surface area contributed by atoms with Crippen molar-refractivity contribution in [2.75, 3.05) is 20.8 Å². The van der Waals surface area contributed by atoms with Crippen LogP contribution in [0.25, 0.3) is 0 Å². The molecule has 0 unspecified atom stereocenters. The summed E-state index contributed by atoms with van der Waals surface area (Å²) in [5.41, 5.74) is 0.829. The zero-order chi connectivity index (χ0) is 13.6. The monoisotopic (exact) mass is 272 g/mol. The lowest BCUT2D eigenvalue weighted by Gasteiger charge is -2.23. The SMILES string of the molecule is COc1ccc(CCl)cc1OCCC(C)(C)OC. The van der Waals surface area contributed by atoms with Crippen molar-refractivity contribution in [1.29, 1.82) is 0 Å². The molecular weight excluding hydrogens is 252 g/mol. The number of benzene rings is 1. The van der Waals surface area contributed by atoms with Crippen LogP contribution in [-0.2, 0) is 10.6 Å². The van der Waals surface area contributed by atoms with Crippen molar-refractivity contribution >= 4 is 11.6 Å². The standard InChI is InChI=1S/C14H21ClO3/c1-14(2,17-4)7-8-18-13-9-11(10-15)5-6-12(13)16-3/h5-6,9H,7-8,10H2,1-4H3. The lowest BCUT2D eigenvalue weighted by molar-refractivity contribution is 0.00525. The maximum Gasteiger partial charge on any atom is 0.161 e. The minimum Gasteiger partial charge on any atom is -0.493 e. The third-order valence-electron chi connectivity index (χ3n) is 2.90. The van der Waals surface area contributed by atoms with Gasteiger partial charge in [0.05, 0.1) is 19.3 Å². The lowest BCUT2D eigenvalue weighted by atomic mass is 10.1. The topological polar surface area (TPSA) is 27.7 Å². The first-order valence-electron chi connectivity index (χ1n) is 5.93. The van der Waals surface area contributed by atoms with Crippen molar-refractivity contribution < 1.29 is 14.2 Å². The van der Waals surface area contributed by atoms with Crippen LogP contribution in [0.2, 0.25) is 0 Å². The Balaban J connectivity index is 2.65. The van der Waals surface area contributed by atoms with Crippen molar-refractivity contribution in [3.8, 4) is 11.5 Å². The Morgan fingerprint density at radius 1 is 1.17 bits per heavy atom. The summed E-state index contributed by atoms with van der Waals surface area (Å²) in [5.74, 6) is 1.91. The van der Waals surface area contributed by atoms with Gasteiger partial charge in [-0.1, -0.05) is 6.07 Å². The summed E-state index contributed by atoms with van der Waals surface area (Å²) in [6.45, 7) is 4.63. The molecule has 0 amide bonds. The number of alkyl halides is 1.